The molecule has 7 heteroatoms. The van der Waals surface area contributed by atoms with Crippen molar-refractivity contribution < 1.29 is 14.3 Å². The van der Waals surface area contributed by atoms with Crippen LogP contribution in [0, 0.1) is 0 Å². The van der Waals surface area contributed by atoms with Gasteiger partial charge in [0.05, 0.1) is 16.4 Å². The third kappa shape index (κ3) is 4.98. The number of nitrogens with two attached hydrogens (primary N) is 1. The van der Waals surface area contributed by atoms with Crippen molar-refractivity contribution in [3.63, 3.8) is 0 Å². The van der Waals surface area contributed by atoms with Gasteiger partial charge in [-0.3, -0.25) is 9.59 Å². The monoisotopic (exact) mass is 452 g/mol. The number of Topliss-reactive ketones (excluding diaryl/α,β-unsaturated/α-hetero) is 1. The number of rotatable bonds is 6. The molecule has 3 N–H and O–H groups in total. The zero-order valence-corrected chi connectivity index (χ0v) is 18.4. The lowest BCUT2D eigenvalue weighted by Crippen LogP contribution is -2.33. The fraction of sp³-hybridized carbons (Fsp3) is 0.167. The molecule has 1 aliphatic rings. The van der Waals surface area contributed by atoms with Gasteiger partial charge in [0.2, 0.25) is 5.91 Å². The molecule has 2 aromatic carbocycles. The Kier molecular flexibility index (Phi) is 6.11. The standard InChI is InChI=1S/C24H21ClN2O3S/c1-14(28)21-7-8-22(31-21)16-10-17-11-19(30-24(17)20(25)12-16)13-27-23(29)9-4-15-2-5-18(26)6-3-15/h2-10,12,19H,11,13,26H2,1H3,(H,27,29). The summed E-state index contributed by atoms with van der Waals surface area (Å²) < 4.78 is 5.96. The molecule has 0 saturated carbocycles. The minimum atomic E-state index is -0.196. The first-order valence-corrected chi connectivity index (χ1v) is 11.0. The zero-order chi connectivity index (χ0) is 22.0. The molecule has 2 heterocycles. The van der Waals surface area contributed by atoms with Gasteiger partial charge in [0.15, 0.2) is 5.78 Å². The van der Waals surface area contributed by atoms with Gasteiger partial charge >= 0.3 is 0 Å². The minimum absolute atomic E-state index is 0.0492. The van der Waals surface area contributed by atoms with Crippen LogP contribution in [-0.4, -0.2) is 24.3 Å². The van der Waals surface area contributed by atoms with Crippen molar-refractivity contribution in [1.82, 2.24) is 5.32 Å². The van der Waals surface area contributed by atoms with E-state index in [2.05, 4.69) is 5.32 Å². The molecule has 1 aromatic heterocycles. The Morgan fingerprint density at radius 2 is 2.00 bits per heavy atom. The van der Waals surface area contributed by atoms with Crippen molar-refractivity contribution in [2.45, 2.75) is 19.4 Å². The number of fused-ring (bicyclic) bond motifs is 1. The summed E-state index contributed by atoms with van der Waals surface area (Å²) in [6.07, 6.45) is 3.68. The Labute approximate surface area is 189 Å². The van der Waals surface area contributed by atoms with Gasteiger partial charge in [-0.05, 0) is 60.5 Å². The van der Waals surface area contributed by atoms with Crippen LogP contribution >= 0.6 is 22.9 Å². The number of nitrogens with one attached hydrogen (secondary N) is 1. The second kappa shape index (κ2) is 8.96. The summed E-state index contributed by atoms with van der Waals surface area (Å²) in [5.74, 6) is 0.511. The number of carbonyl (C=O) groups is 2. The Morgan fingerprint density at radius 3 is 2.71 bits per heavy atom. The average Bonchev–Trinajstić information content (AvgIpc) is 3.39. The fourth-order valence-corrected chi connectivity index (χ4v) is 4.55. The fourth-order valence-electron chi connectivity index (χ4n) is 3.38. The van der Waals surface area contributed by atoms with Crippen LogP contribution in [0.4, 0.5) is 5.69 Å². The van der Waals surface area contributed by atoms with Crippen molar-refractivity contribution >= 4 is 46.4 Å². The molecule has 0 fully saturated rings. The third-order valence-electron chi connectivity index (χ3n) is 4.96. The zero-order valence-electron chi connectivity index (χ0n) is 16.9. The number of hydrogen-bond acceptors (Lipinski definition) is 5. The maximum atomic E-state index is 12.1. The van der Waals surface area contributed by atoms with Crippen LogP contribution in [0.1, 0.15) is 27.7 Å². The van der Waals surface area contributed by atoms with E-state index >= 15 is 0 Å². The molecular formula is C24H21ClN2O3S. The summed E-state index contributed by atoms with van der Waals surface area (Å²) in [6.45, 7) is 1.93. The van der Waals surface area contributed by atoms with Crippen LogP contribution in [0.15, 0.2) is 54.6 Å². The maximum absolute atomic E-state index is 12.1. The Bertz CT molecular complexity index is 1170. The summed E-state index contributed by atoms with van der Waals surface area (Å²) in [4.78, 5) is 25.4. The first-order valence-electron chi connectivity index (χ1n) is 9.81. The van der Waals surface area contributed by atoms with E-state index in [1.165, 1.54) is 17.4 Å². The summed E-state index contributed by atoms with van der Waals surface area (Å²) in [5, 5.41) is 3.40. The van der Waals surface area contributed by atoms with Crippen LogP contribution in [0.2, 0.25) is 5.02 Å². The quantitative estimate of drug-likeness (QED) is 0.314. The second-order valence-electron chi connectivity index (χ2n) is 7.36. The van der Waals surface area contributed by atoms with Crippen molar-refractivity contribution in [2.24, 2.45) is 0 Å². The first kappa shape index (κ1) is 21.2. The van der Waals surface area contributed by atoms with Crippen LogP contribution < -0.4 is 15.8 Å². The number of halogens is 1. The van der Waals surface area contributed by atoms with E-state index in [0.29, 0.717) is 29.4 Å². The largest absolute Gasteiger partial charge is 0.486 e. The van der Waals surface area contributed by atoms with Gasteiger partial charge in [-0.15, -0.1) is 11.3 Å². The van der Waals surface area contributed by atoms with E-state index in [9.17, 15) is 9.59 Å². The number of anilines is 1. The van der Waals surface area contributed by atoms with E-state index in [-0.39, 0.29) is 17.8 Å². The Morgan fingerprint density at radius 1 is 1.23 bits per heavy atom. The van der Waals surface area contributed by atoms with Crippen LogP contribution in [0.25, 0.3) is 16.5 Å². The van der Waals surface area contributed by atoms with Gasteiger partial charge in [-0.1, -0.05) is 23.7 Å². The molecule has 0 aliphatic carbocycles. The number of ketones is 1. The molecule has 0 saturated heterocycles. The summed E-state index contributed by atoms with van der Waals surface area (Å²) >= 11 is 7.90. The molecule has 5 nitrogen and oxygen atoms in total. The average molecular weight is 453 g/mol. The van der Waals surface area contributed by atoms with Crippen molar-refractivity contribution in [3.8, 4) is 16.2 Å². The predicted molar refractivity (Wildman–Crippen MR) is 126 cm³/mol. The van der Waals surface area contributed by atoms with E-state index in [1.807, 2.05) is 36.4 Å². The lowest BCUT2D eigenvalue weighted by molar-refractivity contribution is -0.116. The van der Waals surface area contributed by atoms with E-state index in [4.69, 9.17) is 22.1 Å². The molecule has 1 aliphatic heterocycles. The highest BCUT2D eigenvalue weighted by atomic mass is 35.5. The van der Waals surface area contributed by atoms with Crippen LogP contribution in [0.3, 0.4) is 0 Å². The molecule has 4 rings (SSSR count). The highest BCUT2D eigenvalue weighted by molar-refractivity contribution is 7.17. The number of ether oxygens (including phenoxy) is 1. The van der Waals surface area contributed by atoms with Gasteiger partial charge in [-0.2, -0.15) is 0 Å². The number of hydrogen-bond donors (Lipinski definition) is 2. The molecule has 158 valence electrons. The molecule has 3 aromatic rings. The van der Waals surface area contributed by atoms with Crippen molar-refractivity contribution in [2.75, 3.05) is 12.3 Å². The number of benzene rings is 2. The predicted octanol–water partition coefficient (Wildman–Crippen LogP) is 4.99. The summed E-state index contributed by atoms with van der Waals surface area (Å²) in [5.41, 5.74) is 9.20. The highest BCUT2D eigenvalue weighted by Gasteiger charge is 2.26. The molecule has 31 heavy (non-hydrogen) atoms. The topological polar surface area (TPSA) is 81.4 Å². The smallest absolute Gasteiger partial charge is 0.244 e. The molecule has 1 atom stereocenters. The lowest BCUT2D eigenvalue weighted by atomic mass is 10.1. The molecular weight excluding hydrogens is 432 g/mol. The van der Waals surface area contributed by atoms with Gasteiger partial charge in [-0.25, -0.2) is 0 Å². The van der Waals surface area contributed by atoms with Gasteiger partial charge in [0, 0.05) is 28.6 Å². The van der Waals surface area contributed by atoms with Crippen LogP contribution in [-0.2, 0) is 11.2 Å². The van der Waals surface area contributed by atoms with Crippen molar-refractivity contribution in [1.29, 1.82) is 0 Å². The van der Waals surface area contributed by atoms with Gasteiger partial charge in [0.25, 0.3) is 0 Å². The maximum Gasteiger partial charge on any atom is 0.244 e. The lowest BCUT2D eigenvalue weighted by Gasteiger charge is -2.11. The van der Waals surface area contributed by atoms with E-state index < -0.39 is 0 Å². The minimum Gasteiger partial charge on any atom is -0.486 e. The highest BCUT2D eigenvalue weighted by Crippen LogP contribution is 2.41. The van der Waals surface area contributed by atoms with Crippen molar-refractivity contribution in [3.05, 3.63) is 75.6 Å². The number of amides is 1. The first-order chi connectivity index (χ1) is 14.9. The molecule has 0 radical (unpaired) electrons. The Hall–Kier alpha value is -3.09. The van der Waals surface area contributed by atoms with Gasteiger partial charge < -0.3 is 15.8 Å². The SMILES string of the molecule is CC(=O)c1ccc(-c2cc(Cl)c3c(c2)CC(CNC(=O)C=Cc2ccc(N)cc2)O3)s1. The summed E-state index contributed by atoms with van der Waals surface area (Å²) in [7, 11) is 0. The molecule has 0 spiro atoms. The Balaban J connectivity index is 1.38. The third-order valence-corrected chi connectivity index (χ3v) is 6.47. The van der Waals surface area contributed by atoms with Gasteiger partial charge in [0.1, 0.15) is 11.9 Å². The molecule has 0 bridgehead atoms. The molecule has 1 amide bonds. The summed E-state index contributed by atoms with van der Waals surface area (Å²) in [6, 6.07) is 14.9. The second-order valence-corrected chi connectivity index (χ2v) is 8.85. The van der Waals surface area contributed by atoms with E-state index in [1.54, 1.807) is 25.1 Å². The normalized spacial score (nSPS) is 15.0. The number of nitrogen functional groups attached to an aromatic ring is 1. The number of thiophene rings is 1. The van der Waals surface area contributed by atoms with E-state index in [0.717, 1.165) is 26.4 Å². The molecule has 1 unspecified atom stereocenters. The number of carbonyl (C=O) groups excluding carboxylic acids is 2. The van der Waals surface area contributed by atoms with Crippen LogP contribution in [0.5, 0.6) is 5.75 Å².